The lowest BCUT2D eigenvalue weighted by Gasteiger charge is -2.36. The number of likely N-dealkylation sites (tertiary alicyclic amines) is 1. The summed E-state index contributed by atoms with van der Waals surface area (Å²) in [5, 5.41) is 3.85. The molecule has 2 aliphatic carbocycles. The Morgan fingerprint density at radius 2 is 1.55 bits per heavy atom. The van der Waals surface area contributed by atoms with Gasteiger partial charge in [0.05, 0.1) is 0 Å². The van der Waals surface area contributed by atoms with Crippen LogP contribution in [0.3, 0.4) is 0 Å². The van der Waals surface area contributed by atoms with E-state index in [1.807, 2.05) is 0 Å². The maximum absolute atomic E-state index is 12.1. The first kappa shape index (κ1) is 14.4. The number of hydrogen-bond acceptors (Lipinski definition) is 2. The van der Waals surface area contributed by atoms with Crippen molar-refractivity contribution in [3.05, 3.63) is 0 Å². The standard InChI is InChI=1S/C17H30N2O/c1-13-2-6-15(7-3-13)18-16-8-10-19(11-9-16)17(20)12-14-4-5-14/h13-16,18H,2-12H2,1H3/t13-,15-. The lowest BCUT2D eigenvalue weighted by atomic mass is 9.86. The van der Waals surface area contributed by atoms with Crippen LogP contribution in [0.1, 0.15) is 64.7 Å². The van der Waals surface area contributed by atoms with E-state index in [1.54, 1.807) is 0 Å². The summed E-state index contributed by atoms with van der Waals surface area (Å²) in [6, 6.07) is 1.39. The van der Waals surface area contributed by atoms with Gasteiger partial charge in [-0.2, -0.15) is 0 Å². The smallest absolute Gasteiger partial charge is 0.222 e. The molecule has 20 heavy (non-hydrogen) atoms. The Hall–Kier alpha value is -0.570. The van der Waals surface area contributed by atoms with Crippen molar-refractivity contribution < 1.29 is 4.79 Å². The molecule has 1 aliphatic heterocycles. The van der Waals surface area contributed by atoms with Crippen molar-refractivity contribution in [1.29, 1.82) is 0 Å². The molecular formula is C17H30N2O. The Balaban J connectivity index is 1.36. The van der Waals surface area contributed by atoms with Gasteiger partial charge in [-0.1, -0.05) is 6.92 Å². The molecule has 0 aromatic heterocycles. The van der Waals surface area contributed by atoms with Gasteiger partial charge in [-0.3, -0.25) is 4.79 Å². The van der Waals surface area contributed by atoms with Gasteiger partial charge in [0.1, 0.15) is 0 Å². The number of nitrogens with one attached hydrogen (secondary N) is 1. The topological polar surface area (TPSA) is 32.3 Å². The van der Waals surface area contributed by atoms with E-state index in [9.17, 15) is 4.79 Å². The van der Waals surface area contributed by atoms with Crippen molar-refractivity contribution in [2.24, 2.45) is 11.8 Å². The minimum atomic E-state index is 0.414. The van der Waals surface area contributed by atoms with Crippen molar-refractivity contribution >= 4 is 5.91 Å². The molecular weight excluding hydrogens is 248 g/mol. The fraction of sp³-hybridized carbons (Fsp3) is 0.941. The van der Waals surface area contributed by atoms with Crippen LogP contribution in [0, 0.1) is 11.8 Å². The summed E-state index contributed by atoms with van der Waals surface area (Å²) in [5.41, 5.74) is 0. The third-order valence-corrected chi connectivity index (χ3v) is 5.50. The lowest BCUT2D eigenvalue weighted by molar-refractivity contribution is -0.132. The molecule has 0 aromatic rings. The normalized spacial score (nSPS) is 32.4. The van der Waals surface area contributed by atoms with Gasteiger partial charge < -0.3 is 10.2 Å². The maximum atomic E-state index is 12.1. The zero-order valence-electron chi connectivity index (χ0n) is 12.9. The van der Waals surface area contributed by atoms with Crippen LogP contribution in [0.2, 0.25) is 0 Å². The Morgan fingerprint density at radius 1 is 0.950 bits per heavy atom. The van der Waals surface area contributed by atoms with Crippen molar-refractivity contribution in [3.63, 3.8) is 0 Å². The zero-order chi connectivity index (χ0) is 13.9. The molecule has 3 heteroatoms. The van der Waals surface area contributed by atoms with Gasteiger partial charge in [-0.25, -0.2) is 0 Å². The molecule has 3 aliphatic rings. The average molecular weight is 278 g/mol. The van der Waals surface area contributed by atoms with Crippen molar-refractivity contribution in [2.45, 2.75) is 76.8 Å². The van der Waals surface area contributed by atoms with Crippen LogP contribution in [0.4, 0.5) is 0 Å². The first-order valence-corrected chi connectivity index (χ1v) is 8.74. The van der Waals surface area contributed by atoms with Gasteiger partial charge in [0.15, 0.2) is 0 Å². The van der Waals surface area contributed by atoms with Crippen molar-refractivity contribution in [1.82, 2.24) is 10.2 Å². The molecule has 1 amide bonds. The molecule has 3 fully saturated rings. The van der Waals surface area contributed by atoms with Crippen LogP contribution in [0.25, 0.3) is 0 Å². The first-order valence-electron chi connectivity index (χ1n) is 8.74. The van der Waals surface area contributed by atoms with Crippen LogP contribution in [-0.2, 0) is 4.79 Å². The van der Waals surface area contributed by atoms with Gasteiger partial charge in [-0.05, 0) is 63.2 Å². The van der Waals surface area contributed by atoms with Crippen LogP contribution < -0.4 is 5.32 Å². The molecule has 114 valence electrons. The van der Waals surface area contributed by atoms with E-state index < -0.39 is 0 Å². The molecule has 1 heterocycles. The van der Waals surface area contributed by atoms with E-state index in [0.717, 1.165) is 50.2 Å². The summed E-state index contributed by atoms with van der Waals surface area (Å²) >= 11 is 0. The van der Waals surface area contributed by atoms with Crippen LogP contribution in [-0.4, -0.2) is 36.0 Å². The molecule has 0 bridgehead atoms. The fourth-order valence-corrected chi connectivity index (χ4v) is 3.75. The third kappa shape index (κ3) is 3.97. The van der Waals surface area contributed by atoms with E-state index in [-0.39, 0.29) is 0 Å². The first-order chi connectivity index (χ1) is 9.70. The number of amides is 1. The van der Waals surface area contributed by atoms with Gasteiger partial charge in [0.25, 0.3) is 0 Å². The Kier molecular flexibility index (Phi) is 4.65. The van der Waals surface area contributed by atoms with Crippen LogP contribution in [0.15, 0.2) is 0 Å². The predicted molar refractivity (Wildman–Crippen MR) is 81.5 cm³/mol. The molecule has 1 N–H and O–H groups in total. The van der Waals surface area contributed by atoms with Gasteiger partial charge in [0.2, 0.25) is 5.91 Å². The van der Waals surface area contributed by atoms with E-state index in [2.05, 4.69) is 17.1 Å². The summed E-state index contributed by atoms with van der Waals surface area (Å²) in [7, 11) is 0. The SMILES string of the molecule is C[C@H]1CC[C@H](NC2CCN(C(=O)CC3CC3)CC2)CC1. The zero-order valence-corrected chi connectivity index (χ0v) is 12.9. The second-order valence-electron chi connectivity index (χ2n) is 7.43. The van der Waals surface area contributed by atoms with E-state index in [1.165, 1.54) is 38.5 Å². The van der Waals surface area contributed by atoms with Gasteiger partial charge in [-0.15, -0.1) is 0 Å². The number of piperidine rings is 1. The highest BCUT2D eigenvalue weighted by molar-refractivity contribution is 5.76. The molecule has 1 saturated heterocycles. The Morgan fingerprint density at radius 3 is 2.15 bits per heavy atom. The maximum Gasteiger partial charge on any atom is 0.222 e. The minimum Gasteiger partial charge on any atom is -0.343 e. The number of carbonyl (C=O) groups is 1. The predicted octanol–water partition coefficient (Wildman–Crippen LogP) is 2.95. The lowest BCUT2D eigenvalue weighted by Crippen LogP contribution is -2.48. The summed E-state index contributed by atoms with van der Waals surface area (Å²) in [6.07, 6.45) is 11.2. The van der Waals surface area contributed by atoms with Crippen LogP contribution >= 0.6 is 0 Å². The highest BCUT2D eigenvalue weighted by Crippen LogP contribution is 2.33. The number of carbonyl (C=O) groups excluding carboxylic acids is 1. The second-order valence-corrected chi connectivity index (χ2v) is 7.43. The summed E-state index contributed by atoms with van der Waals surface area (Å²) < 4.78 is 0. The second kappa shape index (κ2) is 6.46. The molecule has 2 saturated carbocycles. The van der Waals surface area contributed by atoms with E-state index in [4.69, 9.17) is 0 Å². The number of nitrogens with zero attached hydrogens (tertiary/aromatic N) is 1. The molecule has 0 aromatic carbocycles. The van der Waals surface area contributed by atoms with Crippen molar-refractivity contribution in [3.8, 4) is 0 Å². The molecule has 0 spiro atoms. The minimum absolute atomic E-state index is 0.414. The summed E-state index contributed by atoms with van der Waals surface area (Å²) in [6.45, 7) is 4.33. The Labute approximate surface area is 123 Å². The molecule has 0 unspecified atom stereocenters. The monoisotopic (exact) mass is 278 g/mol. The fourth-order valence-electron chi connectivity index (χ4n) is 3.75. The third-order valence-electron chi connectivity index (χ3n) is 5.50. The quantitative estimate of drug-likeness (QED) is 0.857. The van der Waals surface area contributed by atoms with E-state index >= 15 is 0 Å². The number of hydrogen-bond donors (Lipinski definition) is 1. The summed E-state index contributed by atoms with van der Waals surface area (Å²) in [5.74, 6) is 2.06. The van der Waals surface area contributed by atoms with Gasteiger partial charge in [0, 0.05) is 31.6 Å². The largest absolute Gasteiger partial charge is 0.343 e. The summed E-state index contributed by atoms with van der Waals surface area (Å²) in [4.78, 5) is 14.2. The molecule has 3 nitrogen and oxygen atoms in total. The number of rotatable bonds is 4. The van der Waals surface area contributed by atoms with E-state index in [0.29, 0.717) is 11.9 Å². The molecule has 3 rings (SSSR count). The Bertz CT molecular complexity index is 324. The highest BCUT2D eigenvalue weighted by atomic mass is 16.2. The van der Waals surface area contributed by atoms with Gasteiger partial charge >= 0.3 is 0 Å². The molecule has 0 atom stereocenters. The highest BCUT2D eigenvalue weighted by Gasteiger charge is 2.30. The van der Waals surface area contributed by atoms with Crippen molar-refractivity contribution in [2.75, 3.05) is 13.1 Å². The molecule has 0 radical (unpaired) electrons. The average Bonchev–Trinajstić information content (AvgIpc) is 3.26. The van der Waals surface area contributed by atoms with Crippen LogP contribution in [0.5, 0.6) is 0 Å².